The molecule has 0 amide bonds. The summed E-state index contributed by atoms with van der Waals surface area (Å²) in [6, 6.07) is 9.66. The molecule has 1 saturated carbocycles. The highest BCUT2D eigenvalue weighted by Gasteiger charge is 2.22. The van der Waals surface area contributed by atoms with Crippen molar-refractivity contribution in [3.8, 4) is 0 Å². The first-order chi connectivity index (χ1) is 8.16. The Morgan fingerprint density at radius 2 is 1.94 bits per heavy atom. The van der Waals surface area contributed by atoms with Gasteiger partial charge in [0.25, 0.3) is 0 Å². The summed E-state index contributed by atoms with van der Waals surface area (Å²) in [4.78, 5) is 0. The summed E-state index contributed by atoms with van der Waals surface area (Å²) < 4.78 is 1.16. The van der Waals surface area contributed by atoms with Crippen molar-refractivity contribution >= 4 is 15.9 Å². The molecule has 1 aliphatic carbocycles. The summed E-state index contributed by atoms with van der Waals surface area (Å²) in [6.45, 7) is 4.59. The Labute approximate surface area is 113 Å². The minimum atomic E-state index is 0.433. The van der Waals surface area contributed by atoms with Crippen LogP contribution in [0.1, 0.15) is 51.1 Å². The summed E-state index contributed by atoms with van der Waals surface area (Å²) in [5.74, 6) is 0.879. The van der Waals surface area contributed by atoms with Gasteiger partial charge in [-0.05, 0) is 50.3 Å². The molecule has 0 aromatic heterocycles. The molecule has 2 atom stereocenters. The van der Waals surface area contributed by atoms with Gasteiger partial charge in [0.2, 0.25) is 0 Å². The highest BCUT2D eigenvalue weighted by Crippen LogP contribution is 2.29. The zero-order valence-electron chi connectivity index (χ0n) is 10.7. The van der Waals surface area contributed by atoms with E-state index < -0.39 is 0 Å². The number of benzene rings is 1. The molecule has 1 aliphatic rings. The maximum Gasteiger partial charge on any atom is 0.0294 e. The molecule has 1 aromatic carbocycles. The average Bonchev–Trinajstić information content (AvgIpc) is 2.82. The number of rotatable bonds is 4. The molecule has 0 spiro atoms. The quantitative estimate of drug-likeness (QED) is 0.850. The number of hydrogen-bond acceptors (Lipinski definition) is 1. The van der Waals surface area contributed by atoms with Gasteiger partial charge in [0.05, 0.1) is 0 Å². The first-order valence-corrected chi connectivity index (χ1v) is 7.47. The van der Waals surface area contributed by atoms with Gasteiger partial charge in [-0.25, -0.2) is 0 Å². The average molecular weight is 296 g/mol. The fourth-order valence-electron chi connectivity index (χ4n) is 2.86. The lowest BCUT2D eigenvalue weighted by Gasteiger charge is -2.25. The van der Waals surface area contributed by atoms with Gasteiger partial charge in [0.15, 0.2) is 0 Å². The maximum absolute atomic E-state index is 3.74. The van der Waals surface area contributed by atoms with Gasteiger partial charge in [-0.3, -0.25) is 0 Å². The second kappa shape index (κ2) is 6.01. The van der Waals surface area contributed by atoms with E-state index in [9.17, 15) is 0 Å². The molecule has 1 fully saturated rings. The van der Waals surface area contributed by atoms with E-state index in [0.29, 0.717) is 12.1 Å². The van der Waals surface area contributed by atoms with Gasteiger partial charge >= 0.3 is 0 Å². The Hall–Kier alpha value is -0.340. The molecule has 0 radical (unpaired) electrons. The van der Waals surface area contributed by atoms with Crippen LogP contribution in [0, 0.1) is 5.92 Å². The van der Waals surface area contributed by atoms with Crippen LogP contribution in [0.15, 0.2) is 28.7 Å². The van der Waals surface area contributed by atoms with Gasteiger partial charge in [0, 0.05) is 16.6 Å². The van der Waals surface area contributed by atoms with Crippen molar-refractivity contribution in [3.05, 3.63) is 34.3 Å². The van der Waals surface area contributed by atoms with Crippen LogP contribution in [0.2, 0.25) is 0 Å². The minimum absolute atomic E-state index is 0.433. The SMILES string of the molecule is CC(N[C@@H](C)C1CCCC1)c1cccc(Br)c1. The molecule has 0 heterocycles. The fraction of sp³-hybridized carbons (Fsp3) is 0.600. The van der Waals surface area contributed by atoms with Crippen LogP contribution in [-0.4, -0.2) is 6.04 Å². The second-order valence-corrected chi connectivity index (χ2v) is 6.19. The third-order valence-electron chi connectivity index (χ3n) is 3.97. The smallest absolute Gasteiger partial charge is 0.0294 e. The van der Waals surface area contributed by atoms with Crippen molar-refractivity contribution in [2.75, 3.05) is 0 Å². The van der Waals surface area contributed by atoms with Gasteiger partial charge < -0.3 is 5.32 Å². The van der Waals surface area contributed by atoms with Crippen LogP contribution >= 0.6 is 15.9 Å². The van der Waals surface area contributed by atoms with E-state index in [0.717, 1.165) is 10.4 Å². The van der Waals surface area contributed by atoms with Crippen LogP contribution in [0.4, 0.5) is 0 Å². The number of hydrogen-bond donors (Lipinski definition) is 1. The predicted octanol–water partition coefficient (Wildman–Crippen LogP) is 4.68. The van der Waals surface area contributed by atoms with Gasteiger partial charge in [-0.1, -0.05) is 40.9 Å². The van der Waals surface area contributed by atoms with E-state index in [1.807, 2.05) is 0 Å². The van der Waals surface area contributed by atoms with E-state index in [-0.39, 0.29) is 0 Å². The number of nitrogens with one attached hydrogen (secondary N) is 1. The molecular formula is C15H22BrN. The van der Waals surface area contributed by atoms with E-state index in [1.165, 1.54) is 31.2 Å². The van der Waals surface area contributed by atoms with E-state index in [1.54, 1.807) is 0 Å². The maximum atomic E-state index is 3.74. The molecule has 1 unspecified atom stereocenters. The Kier molecular flexibility index (Phi) is 4.63. The zero-order valence-corrected chi connectivity index (χ0v) is 12.3. The summed E-state index contributed by atoms with van der Waals surface area (Å²) in [7, 11) is 0. The largest absolute Gasteiger partial charge is 0.307 e. The van der Waals surface area contributed by atoms with Gasteiger partial charge in [0.1, 0.15) is 0 Å². The number of halogens is 1. The Balaban J connectivity index is 1.93. The molecule has 0 aliphatic heterocycles. The predicted molar refractivity (Wildman–Crippen MR) is 77.1 cm³/mol. The van der Waals surface area contributed by atoms with Crippen LogP contribution in [0.25, 0.3) is 0 Å². The highest BCUT2D eigenvalue weighted by molar-refractivity contribution is 9.10. The molecule has 0 saturated heterocycles. The van der Waals surface area contributed by atoms with Gasteiger partial charge in [-0.15, -0.1) is 0 Å². The Morgan fingerprint density at radius 3 is 2.59 bits per heavy atom. The summed E-state index contributed by atoms with van der Waals surface area (Å²) >= 11 is 3.54. The van der Waals surface area contributed by atoms with Crippen LogP contribution in [-0.2, 0) is 0 Å². The van der Waals surface area contributed by atoms with E-state index in [2.05, 4.69) is 59.4 Å². The Morgan fingerprint density at radius 1 is 1.24 bits per heavy atom. The summed E-state index contributed by atoms with van der Waals surface area (Å²) in [5, 5.41) is 3.74. The van der Waals surface area contributed by atoms with Crippen molar-refractivity contribution in [1.29, 1.82) is 0 Å². The van der Waals surface area contributed by atoms with Crippen molar-refractivity contribution in [1.82, 2.24) is 5.32 Å². The summed E-state index contributed by atoms with van der Waals surface area (Å²) in [5.41, 5.74) is 1.37. The molecule has 94 valence electrons. The van der Waals surface area contributed by atoms with Crippen molar-refractivity contribution in [2.45, 2.75) is 51.6 Å². The van der Waals surface area contributed by atoms with Gasteiger partial charge in [-0.2, -0.15) is 0 Å². The molecule has 1 nitrogen and oxygen atoms in total. The zero-order chi connectivity index (χ0) is 12.3. The minimum Gasteiger partial charge on any atom is -0.307 e. The third-order valence-corrected chi connectivity index (χ3v) is 4.46. The van der Waals surface area contributed by atoms with Crippen molar-refractivity contribution in [3.63, 3.8) is 0 Å². The molecular weight excluding hydrogens is 274 g/mol. The highest BCUT2D eigenvalue weighted by atomic mass is 79.9. The summed E-state index contributed by atoms with van der Waals surface area (Å²) in [6.07, 6.45) is 5.64. The van der Waals surface area contributed by atoms with E-state index in [4.69, 9.17) is 0 Å². The first kappa shape index (κ1) is 13.1. The monoisotopic (exact) mass is 295 g/mol. The van der Waals surface area contributed by atoms with Crippen LogP contribution < -0.4 is 5.32 Å². The first-order valence-electron chi connectivity index (χ1n) is 6.68. The van der Waals surface area contributed by atoms with Crippen molar-refractivity contribution in [2.24, 2.45) is 5.92 Å². The normalized spacial score (nSPS) is 20.4. The molecule has 2 heteroatoms. The second-order valence-electron chi connectivity index (χ2n) is 5.28. The fourth-order valence-corrected chi connectivity index (χ4v) is 3.28. The molecule has 1 N–H and O–H groups in total. The van der Waals surface area contributed by atoms with Crippen LogP contribution in [0.3, 0.4) is 0 Å². The lowest BCUT2D eigenvalue weighted by atomic mass is 9.98. The van der Waals surface area contributed by atoms with E-state index >= 15 is 0 Å². The Bertz CT molecular complexity index is 358. The standard InChI is InChI=1S/C15H22BrN/c1-11(13-6-3-4-7-13)17-12(2)14-8-5-9-15(16)10-14/h5,8-13,17H,3-4,6-7H2,1-2H3/t11-,12?/m0/s1. The lowest BCUT2D eigenvalue weighted by molar-refractivity contribution is 0.352. The molecule has 1 aromatic rings. The van der Waals surface area contributed by atoms with Crippen molar-refractivity contribution < 1.29 is 0 Å². The lowest BCUT2D eigenvalue weighted by Crippen LogP contribution is -2.34. The third kappa shape index (κ3) is 3.56. The molecule has 0 bridgehead atoms. The van der Waals surface area contributed by atoms with Crippen LogP contribution in [0.5, 0.6) is 0 Å². The molecule has 2 rings (SSSR count). The topological polar surface area (TPSA) is 12.0 Å². The molecule has 17 heavy (non-hydrogen) atoms.